The third-order valence-electron chi connectivity index (χ3n) is 6.67. The zero-order valence-electron chi connectivity index (χ0n) is 18.8. The lowest BCUT2D eigenvalue weighted by molar-refractivity contribution is -0.141. The molecule has 2 aromatic rings. The summed E-state index contributed by atoms with van der Waals surface area (Å²) in [5.74, 6) is -3.72. The van der Waals surface area contributed by atoms with Crippen LogP contribution in [0.1, 0.15) is 50.2 Å². The first-order valence-electron chi connectivity index (χ1n) is 11.3. The number of hydrogen-bond acceptors (Lipinski definition) is 3. The molecule has 1 N–H and O–H groups in total. The highest BCUT2D eigenvalue weighted by Gasteiger charge is 2.50. The number of amides is 4. The Balaban J connectivity index is 1.55. The van der Waals surface area contributed by atoms with Gasteiger partial charge in [0.25, 0.3) is 5.91 Å². The second-order valence-electron chi connectivity index (χ2n) is 9.02. The Morgan fingerprint density at radius 1 is 1.03 bits per heavy atom. The maximum Gasteiger partial charge on any atom is 0.325 e. The second kappa shape index (κ2) is 9.48. The highest BCUT2D eigenvalue weighted by molar-refractivity contribution is 6.09. The van der Waals surface area contributed by atoms with Gasteiger partial charge in [0, 0.05) is 12.6 Å². The van der Waals surface area contributed by atoms with Crippen molar-refractivity contribution >= 4 is 17.8 Å². The molecular formula is C25H26F3N3O3. The number of imide groups is 1. The standard InChI is InChI=1S/C25H26F3N3O3/c1-25(17-9-12-20(27)21(28)13-17)23(33)31(24(34)29-25)15-22(32)30(19-5-3-2-4-6-19)14-16-7-10-18(26)11-8-16/h7-13,19H,2-6,14-15H2,1H3,(H,29,34). The molecular weight excluding hydrogens is 447 g/mol. The Bertz CT molecular complexity index is 1100. The van der Waals surface area contributed by atoms with Crippen LogP contribution in [0.5, 0.6) is 0 Å². The quantitative estimate of drug-likeness (QED) is 0.639. The molecule has 4 amide bonds. The summed E-state index contributed by atoms with van der Waals surface area (Å²) in [6.45, 7) is 1.14. The molecule has 1 atom stereocenters. The highest BCUT2D eigenvalue weighted by atomic mass is 19.2. The highest BCUT2D eigenvalue weighted by Crippen LogP contribution is 2.30. The zero-order valence-corrected chi connectivity index (χ0v) is 18.8. The van der Waals surface area contributed by atoms with Crippen LogP contribution in [0.15, 0.2) is 42.5 Å². The van der Waals surface area contributed by atoms with Gasteiger partial charge in [-0.05, 0) is 55.2 Å². The molecule has 0 spiro atoms. The molecule has 6 nitrogen and oxygen atoms in total. The van der Waals surface area contributed by atoms with E-state index in [0.29, 0.717) is 0 Å². The maximum absolute atomic E-state index is 13.8. The number of benzene rings is 2. The van der Waals surface area contributed by atoms with Crippen LogP contribution in [0, 0.1) is 17.5 Å². The number of halogens is 3. The van der Waals surface area contributed by atoms with Crippen LogP contribution in [0.25, 0.3) is 0 Å². The molecule has 1 aliphatic heterocycles. The molecule has 0 radical (unpaired) electrons. The largest absolute Gasteiger partial charge is 0.334 e. The Labute approximate surface area is 195 Å². The molecule has 1 aliphatic carbocycles. The molecule has 180 valence electrons. The molecule has 2 fully saturated rings. The van der Waals surface area contributed by atoms with Gasteiger partial charge >= 0.3 is 6.03 Å². The second-order valence-corrected chi connectivity index (χ2v) is 9.02. The first-order valence-corrected chi connectivity index (χ1v) is 11.3. The van der Waals surface area contributed by atoms with Gasteiger partial charge in [0.1, 0.15) is 17.9 Å². The van der Waals surface area contributed by atoms with Crippen LogP contribution in [0.4, 0.5) is 18.0 Å². The van der Waals surface area contributed by atoms with Gasteiger partial charge in [-0.3, -0.25) is 14.5 Å². The first kappa shape index (κ1) is 23.8. The van der Waals surface area contributed by atoms with E-state index < -0.39 is 41.6 Å². The molecule has 1 unspecified atom stereocenters. The van der Waals surface area contributed by atoms with E-state index in [2.05, 4.69) is 5.32 Å². The predicted octanol–water partition coefficient (Wildman–Crippen LogP) is 4.23. The Hall–Kier alpha value is -3.36. The summed E-state index contributed by atoms with van der Waals surface area (Å²) in [4.78, 5) is 41.7. The van der Waals surface area contributed by atoms with Crippen molar-refractivity contribution in [2.75, 3.05) is 6.54 Å². The summed E-state index contributed by atoms with van der Waals surface area (Å²) in [5, 5.41) is 2.51. The molecule has 2 aromatic carbocycles. The number of urea groups is 1. The van der Waals surface area contributed by atoms with E-state index in [4.69, 9.17) is 0 Å². The summed E-state index contributed by atoms with van der Waals surface area (Å²) in [6.07, 6.45) is 4.62. The van der Waals surface area contributed by atoms with Crippen molar-refractivity contribution in [1.82, 2.24) is 15.1 Å². The van der Waals surface area contributed by atoms with Crippen molar-refractivity contribution in [1.29, 1.82) is 0 Å². The van der Waals surface area contributed by atoms with E-state index in [1.807, 2.05) is 0 Å². The zero-order chi connectivity index (χ0) is 24.5. The van der Waals surface area contributed by atoms with Crippen LogP contribution in [0.2, 0.25) is 0 Å². The molecule has 9 heteroatoms. The minimum absolute atomic E-state index is 0.0513. The molecule has 0 aromatic heterocycles. The van der Waals surface area contributed by atoms with E-state index in [9.17, 15) is 27.6 Å². The van der Waals surface area contributed by atoms with Gasteiger partial charge in [0.15, 0.2) is 11.6 Å². The monoisotopic (exact) mass is 473 g/mol. The van der Waals surface area contributed by atoms with E-state index in [0.717, 1.165) is 54.7 Å². The SMILES string of the molecule is CC1(c2ccc(F)c(F)c2)NC(=O)N(CC(=O)N(Cc2ccc(F)cc2)C2CCCCC2)C1=O. The van der Waals surface area contributed by atoms with Crippen molar-refractivity contribution in [3.8, 4) is 0 Å². The summed E-state index contributed by atoms with van der Waals surface area (Å²) in [7, 11) is 0. The summed E-state index contributed by atoms with van der Waals surface area (Å²) in [6, 6.07) is 8.00. The number of nitrogens with one attached hydrogen (secondary N) is 1. The van der Waals surface area contributed by atoms with Crippen LogP contribution in [0.3, 0.4) is 0 Å². The normalized spacial score (nSPS) is 21.0. The van der Waals surface area contributed by atoms with Crippen molar-refractivity contribution in [2.24, 2.45) is 0 Å². The summed E-state index contributed by atoms with van der Waals surface area (Å²) < 4.78 is 40.5. The fourth-order valence-corrected chi connectivity index (χ4v) is 4.67. The van der Waals surface area contributed by atoms with E-state index in [-0.39, 0.29) is 24.0 Å². The Kier molecular flexibility index (Phi) is 6.63. The Morgan fingerprint density at radius 2 is 1.71 bits per heavy atom. The van der Waals surface area contributed by atoms with Gasteiger partial charge in [0.2, 0.25) is 5.91 Å². The lowest BCUT2D eigenvalue weighted by Gasteiger charge is -2.35. The number of carbonyl (C=O) groups excluding carboxylic acids is 3. The molecule has 1 heterocycles. The first-order chi connectivity index (χ1) is 16.2. The van der Waals surface area contributed by atoms with Crippen LogP contribution < -0.4 is 5.32 Å². The van der Waals surface area contributed by atoms with Gasteiger partial charge in [-0.2, -0.15) is 0 Å². The molecule has 1 saturated carbocycles. The third kappa shape index (κ3) is 4.64. The number of hydrogen-bond donors (Lipinski definition) is 1. The molecule has 4 rings (SSSR count). The van der Waals surface area contributed by atoms with Gasteiger partial charge < -0.3 is 10.2 Å². The van der Waals surface area contributed by atoms with E-state index >= 15 is 0 Å². The van der Waals surface area contributed by atoms with Crippen molar-refractivity contribution in [3.05, 3.63) is 71.0 Å². The number of rotatable bonds is 6. The van der Waals surface area contributed by atoms with Crippen molar-refractivity contribution < 1.29 is 27.6 Å². The summed E-state index contributed by atoms with van der Waals surface area (Å²) in [5.41, 5.74) is -0.808. The van der Waals surface area contributed by atoms with Crippen molar-refractivity contribution in [2.45, 2.75) is 57.2 Å². The smallest absolute Gasteiger partial charge is 0.325 e. The van der Waals surface area contributed by atoms with Gasteiger partial charge in [-0.25, -0.2) is 18.0 Å². The fraction of sp³-hybridized carbons (Fsp3) is 0.400. The van der Waals surface area contributed by atoms with E-state index in [1.54, 1.807) is 17.0 Å². The number of nitrogens with zero attached hydrogens (tertiary/aromatic N) is 2. The Morgan fingerprint density at radius 3 is 2.35 bits per heavy atom. The van der Waals surface area contributed by atoms with Gasteiger partial charge in [-0.15, -0.1) is 0 Å². The topological polar surface area (TPSA) is 69.7 Å². The lowest BCUT2D eigenvalue weighted by Crippen LogP contribution is -2.48. The summed E-state index contributed by atoms with van der Waals surface area (Å²) >= 11 is 0. The van der Waals surface area contributed by atoms with E-state index in [1.165, 1.54) is 25.1 Å². The molecule has 2 aliphatic rings. The average Bonchev–Trinajstić information content (AvgIpc) is 3.04. The molecule has 0 bridgehead atoms. The fourth-order valence-electron chi connectivity index (χ4n) is 4.67. The van der Waals surface area contributed by atoms with Crippen LogP contribution in [-0.4, -0.2) is 40.2 Å². The van der Waals surface area contributed by atoms with Gasteiger partial charge in [0.05, 0.1) is 0 Å². The molecule has 34 heavy (non-hydrogen) atoms. The third-order valence-corrected chi connectivity index (χ3v) is 6.67. The van der Waals surface area contributed by atoms with Crippen LogP contribution in [-0.2, 0) is 21.7 Å². The molecule has 1 saturated heterocycles. The number of carbonyl (C=O) groups is 3. The minimum atomic E-state index is -1.63. The maximum atomic E-state index is 13.8. The lowest BCUT2D eigenvalue weighted by atomic mass is 9.92. The van der Waals surface area contributed by atoms with Crippen molar-refractivity contribution in [3.63, 3.8) is 0 Å². The minimum Gasteiger partial charge on any atom is -0.334 e. The average molecular weight is 473 g/mol. The predicted molar refractivity (Wildman–Crippen MR) is 118 cm³/mol. The van der Waals surface area contributed by atoms with Gasteiger partial charge in [-0.1, -0.05) is 37.5 Å². The van der Waals surface area contributed by atoms with Crippen LogP contribution >= 0.6 is 0 Å².